The van der Waals surface area contributed by atoms with Crippen molar-refractivity contribution in [2.45, 2.75) is 38.1 Å². The molecule has 25 heavy (non-hydrogen) atoms. The minimum Gasteiger partial charge on any atom is -0.495 e. The number of pyridine rings is 1. The minimum absolute atomic E-state index is 0.273. The zero-order valence-corrected chi connectivity index (χ0v) is 15.0. The molecule has 1 aliphatic carbocycles. The summed E-state index contributed by atoms with van der Waals surface area (Å²) in [5, 5.41) is 6.73. The molecule has 0 bridgehead atoms. The van der Waals surface area contributed by atoms with Crippen LogP contribution in [0.15, 0.2) is 36.5 Å². The summed E-state index contributed by atoms with van der Waals surface area (Å²) in [5.74, 6) is 0.293. The van der Waals surface area contributed by atoms with E-state index in [0.29, 0.717) is 28.2 Å². The number of hydrogen-bond acceptors (Lipinski definition) is 4. The Balaban J connectivity index is 1.61. The summed E-state index contributed by atoms with van der Waals surface area (Å²) in [6.45, 7) is 0. The fourth-order valence-electron chi connectivity index (χ4n) is 3.04. The Morgan fingerprint density at radius 3 is 2.56 bits per heavy atom. The lowest BCUT2D eigenvalue weighted by Crippen LogP contribution is -2.22. The van der Waals surface area contributed by atoms with Crippen LogP contribution in [0.4, 0.5) is 11.4 Å². The maximum atomic E-state index is 12.3. The van der Waals surface area contributed by atoms with E-state index in [-0.39, 0.29) is 5.91 Å². The Morgan fingerprint density at radius 1 is 1.16 bits per heavy atom. The Hall–Kier alpha value is -2.27. The molecule has 6 heteroatoms. The summed E-state index contributed by atoms with van der Waals surface area (Å²) >= 11 is 6.07. The molecule has 1 saturated carbocycles. The molecule has 0 aliphatic heterocycles. The number of aromatic nitrogens is 1. The van der Waals surface area contributed by atoms with E-state index in [1.54, 1.807) is 37.6 Å². The van der Waals surface area contributed by atoms with Crippen LogP contribution in [-0.4, -0.2) is 24.0 Å². The smallest absolute Gasteiger partial charge is 0.274 e. The number of nitrogens with zero attached hydrogens (tertiary/aromatic N) is 1. The molecule has 1 aromatic carbocycles. The molecular formula is C19H22ClN3O2. The summed E-state index contributed by atoms with van der Waals surface area (Å²) in [6.07, 6.45) is 7.97. The molecular weight excluding hydrogens is 338 g/mol. The van der Waals surface area contributed by atoms with Crippen molar-refractivity contribution in [1.82, 2.24) is 4.98 Å². The third kappa shape index (κ3) is 4.63. The third-order valence-electron chi connectivity index (χ3n) is 4.38. The van der Waals surface area contributed by atoms with E-state index in [4.69, 9.17) is 16.3 Å². The van der Waals surface area contributed by atoms with Gasteiger partial charge in [-0.3, -0.25) is 4.79 Å². The van der Waals surface area contributed by atoms with Crippen LogP contribution in [0.2, 0.25) is 5.02 Å². The molecule has 0 atom stereocenters. The number of carbonyl (C=O) groups excluding carboxylic acids is 1. The standard InChI is InChI=1S/C19H22ClN3O2/c1-25-18-10-8-14(11-16(18)20)23-19(24)17-9-7-15(12-21-17)22-13-5-3-2-4-6-13/h7-13,22H,2-6H2,1H3,(H,23,24). The predicted octanol–water partition coefficient (Wildman–Crippen LogP) is 4.74. The lowest BCUT2D eigenvalue weighted by molar-refractivity contribution is 0.102. The number of benzene rings is 1. The average molecular weight is 360 g/mol. The summed E-state index contributed by atoms with van der Waals surface area (Å²) in [4.78, 5) is 16.6. The summed E-state index contributed by atoms with van der Waals surface area (Å²) in [5.41, 5.74) is 1.92. The summed E-state index contributed by atoms with van der Waals surface area (Å²) < 4.78 is 5.10. The van der Waals surface area contributed by atoms with E-state index in [9.17, 15) is 4.79 Å². The highest BCUT2D eigenvalue weighted by molar-refractivity contribution is 6.32. The van der Waals surface area contributed by atoms with Crippen LogP contribution in [0.1, 0.15) is 42.6 Å². The minimum atomic E-state index is -0.273. The van der Waals surface area contributed by atoms with Crippen LogP contribution >= 0.6 is 11.6 Å². The number of hydrogen-bond donors (Lipinski definition) is 2. The molecule has 0 spiro atoms. The molecule has 2 N–H and O–H groups in total. The molecule has 0 radical (unpaired) electrons. The lowest BCUT2D eigenvalue weighted by Gasteiger charge is -2.23. The van der Waals surface area contributed by atoms with Gasteiger partial charge in [0, 0.05) is 11.7 Å². The number of amides is 1. The molecule has 3 rings (SSSR count). The number of nitrogens with one attached hydrogen (secondary N) is 2. The third-order valence-corrected chi connectivity index (χ3v) is 4.68. The maximum Gasteiger partial charge on any atom is 0.274 e. The van der Waals surface area contributed by atoms with Crippen molar-refractivity contribution < 1.29 is 9.53 Å². The van der Waals surface area contributed by atoms with Crippen molar-refractivity contribution in [3.63, 3.8) is 0 Å². The Bertz CT molecular complexity index is 728. The first-order chi connectivity index (χ1) is 12.2. The van der Waals surface area contributed by atoms with Crippen molar-refractivity contribution in [3.05, 3.63) is 47.2 Å². The van der Waals surface area contributed by atoms with Crippen molar-refractivity contribution in [3.8, 4) is 5.75 Å². The van der Waals surface area contributed by atoms with Gasteiger partial charge in [-0.2, -0.15) is 0 Å². The van der Waals surface area contributed by atoms with E-state index >= 15 is 0 Å². The van der Waals surface area contributed by atoms with Gasteiger partial charge < -0.3 is 15.4 Å². The van der Waals surface area contributed by atoms with Gasteiger partial charge in [-0.15, -0.1) is 0 Å². The van der Waals surface area contributed by atoms with Crippen LogP contribution in [0.25, 0.3) is 0 Å². The summed E-state index contributed by atoms with van der Waals surface area (Å²) in [6, 6.07) is 9.24. The zero-order valence-electron chi connectivity index (χ0n) is 14.2. The topological polar surface area (TPSA) is 63.2 Å². The zero-order chi connectivity index (χ0) is 17.6. The second-order valence-electron chi connectivity index (χ2n) is 6.21. The van der Waals surface area contributed by atoms with Crippen LogP contribution in [-0.2, 0) is 0 Å². The molecule has 1 fully saturated rings. The SMILES string of the molecule is COc1ccc(NC(=O)c2ccc(NC3CCCCC3)cn2)cc1Cl. The fourth-order valence-corrected chi connectivity index (χ4v) is 3.29. The molecule has 1 aliphatic rings. The van der Waals surface area contributed by atoms with E-state index in [0.717, 1.165) is 5.69 Å². The van der Waals surface area contributed by atoms with Gasteiger partial charge in [-0.1, -0.05) is 30.9 Å². The van der Waals surface area contributed by atoms with Crippen molar-refractivity contribution >= 4 is 28.9 Å². The van der Waals surface area contributed by atoms with Crippen LogP contribution < -0.4 is 15.4 Å². The van der Waals surface area contributed by atoms with Crippen molar-refractivity contribution in [2.24, 2.45) is 0 Å². The highest BCUT2D eigenvalue weighted by atomic mass is 35.5. The van der Waals surface area contributed by atoms with Crippen LogP contribution in [0, 0.1) is 0 Å². The van der Waals surface area contributed by atoms with Gasteiger partial charge in [-0.25, -0.2) is 4.98 Å². The Labute approximate surface area is 152 Å². The second-order valence-corrected chi connectivity index (χ2v) is 6.62. The fraction of sp³-hybridized carbons (Fsp3) is 0.368. The normalized spacial score (nSPS) is 14.8. The number of carbonyl (C=O) groups is 1. The quantitative estimate of drug-likeness (QED) is 0.809. The predicted molar refractivity (Wildman–Crippen MR) is 101 cm³/mol. The Kier molecular flexibility index (Phi) is 5.76. The lowest BCUT2D eigenvalue weighted by atomic mass is 9.95. The van der Waals surface area contributed by atoms with Crippen LogP contribution in [0.5, 0.6) is 5.75 Å². The number of halogens is 1. The van der Waals surface area contributed by atoms with Gasteiger partial charge in [0.05, 0.1) is 24.0 Å². The first kappa shape index (κ1) is 17.5. The molecule has 1 amide bonds. The van der Waals surface area contributed by atoms with Gasteiger partial charge in [0.25, 0.3) is 5.91 Å². The first-order valence-corrected chi connectivity index (χ1v) is 8.91. The molecule has 132 valence electrons. The summed E-state index contributed by atoms with van der Waals surface area (Å²) in [7, 11) is 1.55. The second kappa shape index (κ2) is 8.21. The highest BCUT2D eigenvalue weighted by Gasteiger charge is 2.14. The van der Waals surface area contributed by atoms with Crippen molar-refractivity contribution in [1.29, 1.82) is 0 Å². The molecule has 1 aromatic heterocycles. The molecule has 5 nitrogen and oxygen atoms in total. The van der Waals surface area contributed by atoms with Gasteiger partial charge in [0.15, 0.2) is 0 Å². The largest absolute Gasteiger partial charge is 0.495 e. The van der Waals surface area contributed by atoms with Gasteiger partial charge in [-0.05, 0) is 43.2 Å². The number of ether oxygens (including phenoxy) is 1. The van der Waals surface area contributed by atoms with E-state index in [2.05, 4.69) is 15.6 Å². The molecule has 2 aromatic rings. The highest BCUT2D eigenvalue weighted by Crippen LogP contribution is 2.27. The van der Waals surface area contributed by atoms with Crippen molar-refractivity contribution in [2.75, 3.05) is 17.7 Å². The number of methoxy groups -OCH3 is 1. The Morgan fingerprint density at radius 2 is 1.92 bits per heavy atom. The molecule has 0 saturated heterocycles. The number of rotatable bonds is 5. The van der Waals surface area contributed by atoms with Gasteiger partial charge in [0.2, 0.25) is 0 Å². The maximum absolute atomic E-state index is 12.3. The monoisotopic (exact) mass is 359 g/mol. The average Bonchev–Trinajstić information content (AvgIpc) is 2.63. The van der Waals surface area contributed by atoms with Crippen LogP contribution in [0.3, 0.4) is 0 Å². The van der Waals surface area contributed by atoms with Gasteiger partial charge >= 0.3 is 0 Å². The van der Waals surface area contributed by atoms with E-state index in [1.807, 2.05) is 6.07 Å². The van der Waals surface area contributed by atoms with E-state index < -0.39 is 0 Å². The van der Waals surface area contributed by atoms with E-state index in [1.165, 1.54) is 32.1 Å². The first-order valence-electron chi connectivity index (χ1n) is 8.53. The molecule has 0 unspecified atom stereocenters. The van der Waals surface area contributed by atoms with Gasteiger partial charge in [0.1, 0.15) is 11.4 Å². The number of anilines is 2. The molecule has 1 heterocycles.